The van der Waals surface area contributed by atoms with Crippen LogP contribution in [-0.4, -0.2) is 64.4 Å². The molecule has 0 saturated carbocycles. The fraction of sp³-hybridized carbons (Fsp3) is 0.692. The van der Waals surface area contributed by atoms with Gasteiger partial charge in [-0.3, -0.25) is 19.2 Å². The molecule has 0 aromatic heterocycles. The van der Waals surface area contributed by atoms with Crippen LogP contribution in [0.4, 0.5) is 0 Å². The standard InChI is InChI=1S/C13H23N3O6S/c1-7(2)15-8(13(21)22)3-4-10(17)16-9(6-23)12(20)14-5-11(18)19/h7-9,15,23H,3-6H2,1-2H3,(H,14,20)(H,16,17)(H,18,19)(H,21,22). The molecule has 10 heteroatoms. The van der Waals surface area contributed by atoms with E-state index in [1.807, 2.05) is 0 Å². The molecule has 132 valence electrons. The van der Waals surface area contributed by atoms with Gasteiger partial charge in [0.2, 0.25) is 11.8 Å². The van der Waals surface area contributed by atoms with Gasteiger partial charge >= 0.3 is 11.9 Å². The van der Waals surface area contributed by atoms with E-state index < -0.39 is 42.4 Å². The smallest absolute Gasteiger partial charge is 0.322 e. The SMILES string of the molecule is CC(C)NC(CCC(=O)NC(CS)C(=O)NCC(=O)O)C(=O)O. The van der Waals surface area contributed by atoms with E-state index in [2.05, 4.69) is 28.6 Å². The first kappa shape index (κ1) is 21.2. The molecule has 0 rings (SSSR count). The van der Waals surface area contributed by atoms with E-state index in [0.717, 1.165) is 0 Å². The summed E-state index contributed by atoms with van der Waals surface area (Å²) >= 11 is 3.93. The minimum Gasteiger partial charge on any atom is -0.480 e. The first-order chi connectivity index (χ1) is 10.7. The lowest BCUT2D eigenvalue weighted by Gasteiger charge is -2.18. The Hall–Kier alpha value is -1.81. The molecule has 23 heavy (non-hydrogen) atoms. The van der Waals surface area contributed by atoms with Crippen molar-refractivity contribution in [2.24, 2.45) is 0 Å². The van der Waals surface area contributed by atoms with Crippen molar-refractivity contribution < 1.29 is 29.4 Å². The number of nitrogens with one attached hydrogen (secondary N) is 3. The highest BCUT2D eigenvalue weighted by Gasteiger charge is 2.22. The lowest BCUT2D eigenvalue weighted by molar-refractivity contribution is -0.140. The normalized spacial score (nSPS) is 13.2. The maximum atomic E-state index is 11.8. The summed E-state index contributed by atoms with van der Waals surface area (Å²) in [5.74, 6) is -3.44. The van der Waals surface area contributed by atoms with Crippen molar-refractivity contribution in [3.05, 3.63) is 0 Å². The number of carbonyl (C=O) groups is 4. The molecule has 5 N–H and O–H groups in total. The zero-order valence-electron chi connectivity index (χ0n) is 13.0. The maximum absolute atomic E-state index is 11.8. The second-order valence-corrected chi connectivity index (χ2v) is 5.53. The average Bonchev–Trinajstić information content (AvgIpc) is 2.45. The Morgan fingerprint density at radius 3 is 2.13 bits per heavy atom. The molecule has 0 fully saturated rings. The molecule has 9 nitrogen and oxygen atoms in total. The number of hydrogen-bond donors (Lipinski definition) is 6. The minimum absolute atomic E-state index is 0.0101. The number of hydrogen-bond acceptors (Lipinski definition) is 6. The number of carboxylic acid groups (broad SMARTS) is 2. The molecule has 2 atom stereocenters. The van der Waals surface area contributed by atoms with E-state index >= 15 is 0 Å². The van der Waals surface area contributed by atoms with Crippen LogP contribution >= 0.6 is 12.6 Å². The molecule has 0 aliphatic heterocycles. The summed E-state index contributed by atoms with van der Waals surface area (Å²) in [4.78, 5) is 44.9. The maximum Gasteiger partial charge on any atom is 0.322 e. The molecule has 0 aromatic carbocycles. The molecule has 0 heterocycles. The van der Waals surface area contributed by atoms with Crippen molar-refractivity contribution in [3.63, 3.8) is 0 Å². The average molecular weight is 349 g/mol. The highest BCUT2D eigenvalue weighted by molar-refractivity contribution is 7.80. The monoisotopic (exact) mass is 349 g/mol. The van der Waals surface area contributed by atoms with Crippen molar-refractivity contribution in [1.29, 1.82) is 0 Å². The Labute approximate surface area is 139 Å². The van der Waals surface area contributed by atoms with Gasteiger partial charge in [0.25, 0.3) is 0 Å². The van der Waals surface area contributed by atoms with Crippen molar-refractivity contribution in [2.75, 3.05) is 12.3 Å². The predicted molar refractivity (Wildman–Crippen MR) is 85.4 cm³/mol. The van der Waals surface area contributed by atoms with Gasteiger partial charge in [0.1, 0.15) is 18.6 Å². The fourth-order valence-corrected chi connectivity index (χ4v) is 1.96. The summed E-state index contributed by atoms with van der Waals surface area (Å²) in [6.45, 7) is 3.03. The molecule has 2 amide bonds. The van der Waals surface area contributed by atoms with Crippen molar-refractivity contribution >= 4 is 36.4 Å². The van der Waals surface area contributed by atoms with Crippen LogP contribution in [0.15, 0.2) is 0 Å². The van der Waals surface area contributed by atoms with E-state index in [-0.39, 0.29) is 24.6 Å². The highest BCUT2D eigenvalue weighted by atomic mass is 32.1. The van der Waals surface area contributed by atoms with Crippen molar-refractivity contribution in [3.8, 4) is 0 Å². The predicted octanol–water partition coefficient (Wildman–Crippen LogP) is -1.17. The number of thiol groups is 1. The zero-order valence-corrected chi connectivity index (χ0v) is 13.9. The fourth-order valence-electron chi connectivity index (χ4n) is 1.70. The highest BCUT2D eigenvalue weighted by Crippen LogP contribution is 2.01. The van der Waals surface area contributed by atoms with Crippen molar-refractivity contribution in [2.45, 2.75) is 44.8 Å². The van der Waals surface area contributed by atoms with Gasteiger partial charge in [-0.25, -0.2) is 0 Å². The summed E-state index contributed by atoms with van der Waals surface area (Å²) in [6, 6.07) is -1.89. The largest absolute Gasteiger partial charge is 0.480 e. The van der Waals surface area contributed by atoms with Gasteiger partial charge in [0, 0.05) is 18.2 Å². The number of carboxylic acids is 2. The summed E-state index contributed by atoms with van der Waals surface area (Å²) in [7, 11) is 0. The van der Waals surface area contributed by atoms with Crippen LogP contribution in [0.1, 0.15) is 26.7 Å². The number of carbonyl (C=O) groups excluding carboxylic acids is 2. The van der Waals surface area contributed by atoms with Gasteiger partial charge in [-0.15, -0.1) is 0 Å². The summed E-state index contributed by atoms with van der Waals surface area (Å²) < 4.78 is 0. The molecule has 2 unspecified atom stereocenters. The lowest BCUT2D eigenvalue weighted by Crippen LogP contribution is -2.49. The molecule has 0 radical (unpaired) electrons. The Kier molecular flexibility index (Phi) is 9.99. The van der Waals surface area contributed by atoms with Crippen LogP contribution in [0.25, 0.3) is 0 Å². The van der Waals surface area contributed by atoms with Crippen LogP contribution < -0.4 is 16.0 Å². The van der Waals surface area contributed by atoms with E-state index in [9.17, 15) is 19.2 Å². The first-order valence-electron chi connectivity index (χ1n) is 7.06. The third-order valence-electron chi connectivity index (χ3n) is 2.74. The Bertz CT molecular complexity index is 443. The van der Waals surface area contributed by atoms with E-state index in [1.165, 1.54) is 0 Å². The summed E-state index contributed by atoms with van der Waals surface area (Å²) in [5, 5.41) is 24.9. The molecule has 0 aromatic rings. The van der Waals surface area contributed by atoms with Gasteiger partial charge in [-0.2, -0.15) is 12.6 Å². The van der Waals surface area contributed by atoms with Gasteiger partial charge in [-0.05, 0) is 6.42 Å². The second-order valence-electron chi connectivity index (χ2n) is 5.17. The molecular formula is C13H23N3O6S. The Morgan fingerprint density at radius 2 is 1.70 bits per heavy atom. The molecular weight excluding hydrogens is 326 g/mol. The van der Waals surface area contributed by atoms with Gasteiger partial charge < -0.3 is 26.2 Å². The lowest BCUT2D eigenvalue weighted by atomic mass is 10.1. The van der Waals surface area contributed by atoms with E-state index in [1.54, 1.807) is 13.8 Å². The Balaban J connectivity index is 4.40. The third-order valence-corrected chi connectivity index (χ3v) is 3.11. The second kappa shape index (κ2) is 10.8. The molecule has 0 bridgehead atoms. The first-order valence-corrected chi connectivity index (χ1v) is 7.69. The van der Waals surface area contributed by atoms with Crippen LogP contribution in [0.2, 0.25) is 0 Å². The summed E-state index contributed by atoms with van der Waals surface area (Å²) in [6.07, 6.45) is -0.0252. The molecule has 0 spiro atoms. The van der Waals surface area contributed by atoms with E-state index in [4.69, 9.17) is 10.2 Å². The molecule has 0 aliphatic carbocycles. The molecule has 0 aliphatic rings. The van der Waals surface area contributed by atoms with Crippen LogP contribution in [0.3, 0.4) is 0 Å². The molecule has 0 saturated heterocycles. The van der Waals surface area contributed by atoms with Crippen LogP contribution in [-0.2, 0) is 19.2 Å². The number of amides is 2. The Morgan fingerprint density at radius 1 is 1.09 bits per heavy atom. The zero-order chi connectivity index (χ0) is 18.0. The van der Waals surface area contributed by atoms with E-state index in [0.29, 0.717) is 0 Å². The van der Waals surface area contributed by atoms with Gasteiger partial charge in [-0.1, -0.05) is 13.8 Å². The quantitative estimate of drug-likeness (QED) is 0.258. The van der Waals surface area contributed by atoms with Gasteiger partial charge in [0.05, 0.1) is 0 Å². The van der Waals surface area contributed by atoms with Gasteiger partial charge in [0.15, 0.2) is 0 Å². The number of rotatable bonds is 11. The van der Waals surface area contributed by atoms with Crippen LogP contribution in [0.5, 0.6) is 0 Å². The number of aliphatic carboxylic acids is 2. The third kappa shape index (κ3) is 9.74. The van der Waals surface area contributed by atoms with Crippen LogP contribution in [0, 0.1) is 0 Å². The summed E-state index contributed by atoms with van der Waals surface area (Å²) in [5.41, 5.74) is 0. The van der Waals surface area contributed by atoms with Crippen molar-refractivity contribution in [1.82, 2.24) is 16.0 Å². The topological polar surface area (TPSA) is 145 Å². The minimum atomic E-state index is -1.20.